The van der Waals surface area contributed by atoms with E-state index in [9.17, 15) is 9.59 Å². The van der Waals surface area contributed by atoms with Crippen LogP contribution in [0.2, 0.25) is 0 Å². The lowest BCUT2D eigenvalue weighted by molar-refractivity contribution is -0.139. The predicted molar refractivity (Wildman–Crippen MR) is 64.6 cm³/mol. The van der Waals surface area contributed by atoms with Crippen LogP contribution in [0.4, 0.5) is 0 Å². The van der Waals surface area contributed by atoms with E-state index in [0.29, 0.717) is 0 Å². The van der Waals surface area contributed by atoms with E-state index in [0.717, 1.165) is 0 Å². The highest BCUT2D eigenvalue weighted by Crippen LogP contribution is 2.01. The number of allylic oxidation sites excluding steroid dienone is 2. The van der Waals surface area contributed by atoms with E-state index in [4.69, 9.17) is 9.84 Å². The zero-order valence-corrected chi connectivity index (χ0v) is 9.89. The van der Waals surface area contributed by atoms with Gasteiger partial charge in [0, 0.05) is 5.75 Å². The Morgan fingerprint density at radius 1 is 1.47 bits per heavy atom. The largest absolute Gasteiger partial charge is 0.484 e. The summed E-state index contributed by atoms with van der Waals surface area (Å²) in [6.07, 6.45) is 5.73. The molecule has 0 aromatic carbocycles. The maximum atomic E-state index is 11.5. The van der Waals surface area contributed by atoms with Gasteiger partial charge in [-0.25, -0.2) is 0 Å². The maximum Gasteiger partial charge on any atom is 0.321 e. The van der Waals surface area contributed by atoms with Crippen LogP contribution in [-0.2, 0) is 14.3 Å². The van der Waals surface area contributed by atoms with Crippen LogP contribution in [0.1, 0.15) is 0 Å². The molecule has 0 aromatic rings. The van der Waals surface area contributed by atoms with E-state index in [1.807, 2.05) is 0 Å². The Balaban J connectivity index is 2.26. The summed E-state index contributed by atoms with van der Waals surface area (Å²) in [5, 5.41) is 13.9. The van der Waals surface area contributed by atoms with Gasteiger partial charge in [0.25, 0.3) is 5.91 Å². The van der Waals surface area contributed by atoms with Gasteiger partial charge < -0.3 is 15.2 Å². The molecule has 0 saturated carbocycles. The van der Waals surface area contributed by atoms with E-state index in [1.165, 1.54) is 6.26 Å². The zero-order valence-electron chi connectivity index (χ0n) is 9.00. The minimum absolute atomic E-state index is 0.0494. The molecule has 2 unspecified atom stereocenters. The van der Waals surface area contributed by atoms with E-state index in [2.05, 4.69) is 23.3 Å². The number of nitrogens with one attached hydrogen (secondary N) is 2. The highest BCUT2D eigenvalue weighted by atomic mass is 32.1. The SMILES string of the molecule is O=C(O)C(CS)NCNC(=O)C1C=CC=CO1. The zero-order chi connectivity index (χ0) is 12.7. The fourth-order valence-electron chi connectivity index (χ4n) is 1.13. The fraction of sp³-hybridized carbons (Fsp3) is 0.400. The first-order valence-electron chi connectivity index (χ1n) is 4.98. The Morgan fingerprint density at radius 2 is 2.24 bits per heavy atom. The number of carboxylic acid groups (broad SMARTS) is 1. The molecule has 1 rings (SSSR count). The van der Waals surface area contributed by atoms with Gasteiger partial charge in [0.2, 0.25) is 0 Å². The van der Waals surface area contributed by atoms with E-state index in [-0.39, 0.29) is 18.3 Å². The van der Waals surface area contributed by atoms with E-state index in [1.54, 1.807) is 18.2 Å². The van der Waals surface area contributed by atoms with Gasteiger partial charge in [-0.1, -0.05) is 6.08 Å². The Labute approximate surface area is 104 Å². The monoisotopic (exact) mass is 258 g/mol. The van der Waals surface area contributed by atoms with Crippen molar-refractivity contribution >= 4 is 24.5 Å². The number of rotatable bonds is 6. The summed E-state index contributed by atoms with van der Waals surface area (Å²) >= 11 is 3.88. The molecule has 1 heterocycles. The van der Waals surface area contributed by atoms with Crippen LogP contribution in [0, 0.1) is 0 Å². The highest BCUT2D eigenvalue weighted by Gasteiger charge is 2.18. The van der Waals surface area contributed by atoms with Gasteiger partial charge in [-0.3, -0.25) is 14.9 Å². The van der Waals surface area contributed by atoms with Crippen molar-refractivity contribution in [3.8, 4) is 0 Å². The Hall–Kier alpha value is -1.47. The van der Waals surface area contributed by atoms with Gasteiger partial charge in [-0.05, 0) is 12.2 Å². The minimum Gasteiger partial charge on any atom is -0.484 e. The first-order chi connectivity index (χ1) is 8.15. The lowest BCUT2D eigenvalue weighted by atomic mass is 10.2. The van der Waals surface area contributed by atoms with Crippen molar-refractivity contribution in [2.24, 2.45) is 0 Å². The molecule has 0 fully saturated rings. The Morgan fingerprint density at radius 3 is 2.76 bits per heavy atom. The van der Waals surface area contributed by atoms with E-state index >= 15 is 0 Å². The lowest BCUT2D eigenvalue weighted by Crippen LogP contribution is -2.47. The first kappa shape index (κ1) is 13.6. The molecule has 0 aromatic heterocycles. The van der Waals surface area contributed by atoms with Crippen molar-refractivity contribution in [3.63, 3.8) is 0 Å². The summed E-state index contributed by atoms with van der Waals surface area (Å²) in [7, 11) is 0. The number of carbonyl (C=O) groups excluding carboxylic acids is 1. The second-order valence-electron chi connectivity index (χ2n) is 3.27. The normalized spacial score (nSPS) is 19.5. The molecule has 1 aliphatic heterocycles. The molecule has 0 radical (unpaired) electrons. The van der Waals surface area contributed by atoms with Crippen LogP contribution in [0.5, 0.6) is 0 Å². The predicted octanol–water partition coefficient (Wildman–Crippen LogP) is -0.499. The molecule has 0 aliphatic carbocycles. The third kappa shape index (κ3) is 4.49. The molecule has 17 heavy (non-hydrogen) atoms. The number of hydrogen-bond acceptors (Lipinski definition) is 5. The summed E-state index contributed by atoms with van der Waals surface area (Å²) in [6, 6.07) is -0.790. The highest BCUT2D eigenvalue weighted by molar-refractivity contribution is 7.80. The minimum atomic E-state index is -1.01. The number of ether oxygens (including phenoxy) is 1. The maximum absolute atomic E-state index is 11.5. The Kier molecular flexibility index (Phi) is 5.58. The molecule has 7 heteroatoms. The molecule has 0 saturated heterocycles. The quantitative estimate of drug-likeness (QED) is 0.381. The number of carboxylic acids is 1. The average Bonchev–Trinajstić information content (AvgIpc) is 2.35. The van der Waals surface area contributed by atoms with Crippen LogP contribution >= 0.6 is 12.6 Å². The van der Waals surface area contributed by atoms with Gasteiger partial charge >= 0.3 is 5.97 Å². The second kappa shape index (κ2) is 6.97. The lowest BCUT2D eigenvalue weighted by Gasteiger charge is -2.16. The summed E-state index contributed by atoms with van der Waals surface area (Å²) < 4.78 is 5.03. The second-order valence-corrected chi connectivity index (χ2v) is 3.63. The third-order valence-electron chi connectivity index (χ3n) is 2.05. The average molecular weight is 258 g/mol. The summed E-state index contributed by atoms with van der Waals surface area (Å²) in [6.45, 7) is 0.0494. The molecule has 2 atom stereocenters. The number of aliphatic carboxylic acids is 1. The van der Waals surface area contributed by atoms with E-state index < -0.39 is 18.1 Å². The summed E-state index contributed by atoms with van der Waals surface area (Å²) in [4.78, 5) is 22.1. The molecule has 0 spiro atoms. The molecule has 6 nitrogen and oxygen atoms in total. The van der Waals surface area contributed by atoms with Crippen LogP contribution in [0.15, 0.2) is 24.5 Å². The van der Waals surface area contributed by atoms with Gasteiger partial charge in [0.1, 0.15) is 6.04 Å². The molecule has 0 bridgehead atoms. The summed E-state index contributed by atoms with van der Waals surface area (Å²) in [5.74, 6) is -1.19. The number of hydrogen-bond donors (Lipinski definition) is 4. The molecule has 1 aliphatic rings. The molecule has 1 amide bonds. The van der Waals surface area contributed by atoms with Crippen molar-refractivity contribution < 1.29 is 19.4 Å². The molecule has 94 valence electrons. The number of thiol groups is 1. The van der Waals surface area contributed by atoms with Crippen LogP contribution in [-0.4, -0.2) is 41.6 Å². The van der Waals surface area contributed by atoms with Gasteiger partial charge in [0.15, 0.2) is 6.10 Å². The molecular weight excluding hydrogens is 244 g/mol. The van der Waals surface area contributed by atoms with Crippen molar-refractivity contribution in [1.29, 1.82) is 0 Å². The Bertz CT molecular complexity index is 343. The third-order valence-corrected chi connectivity index (χ3v) is 2.42. The molecular formula is C10H14N2O4S. The van der Waals surface area contributed by atoms with Gasteiger partial charge in [-0.2, -0.15) is 12.6 Å². The standard InChI is InChI=1S/C10H14N2O4S/c13-9(8-3-1-2-4-16-8)12-6-11-7(5-17)10(14)15/h1-4,7-8,11,17H,5-6H2,(H,12,13)(H,14,15). The van der Waals surface area contributed by atoms with Crippen molar-refractivity contribution in [2.45, 2.75) is 12.1 Å². The van der Waals surface area contributed by atoms with Crippen molar-refractivity contribution in [3.05, 3.63) is 24.5 Å². The van der Waals surface area contributed by atoms with Crippen LogP contribution in [0.3, 0.4) is 0 Å². The fourth-order valence-corrected chi connectivity index (χ4v) is 1.41. The van der Waals surface area contributed by atoms with Crippen molar-refractivity contribution in [1.82, 2.24) is 10.6 Å². The molecule has 3 N–H and O–H groups in total. The van der Waals surface area contributed by atoms with Gasteiger partial charge in [-0.15, -0.1) is 0 Å². The van der Waals surface area contributed by atoms with Gasteiger partial charge in [0.05, 0.1) is 12.9 Å². The topological polar surface area (TPSA) is 87.7 Å². The number of carbonyl (C=O) groups is 2. The van der Waals surface area contributed by atoms with Crippen LogP contribution in [0.25, 0.3) is 0 Å². The first-order valence-corrected chi connectivity index (χ1v) is 5.62. The van der Waals surface area contributed by atoms with Crippen LogP contribution < -0.4 is 10.6 Å². The van der Waals surface area contributed by atoms with Crippen molar-refractivity contribution in [2.75, 3.05) is 12.4 Å². The smallest absolute Gasteiger partial charge is 0.321 e. The summed E-state index contributed by atoms with van der Waals surface area (Å²) in [5.41, 5.74) is 0. The number of amides is 1.